The van der Waals surface area contributed by atoms with Crippen LogP contribution in [0.1, 0.15) is 34.6 Å². The van der Waals surface area contributed by atoms with Gasteiger partial charge in [-0.1, -0.05) is 37.4 Å². The highest BCUT2D eigenvalue weighted by Crippen LogP contribution is 2.31. The van der Waals surface area contributed by atoms with Crippen LogP contribution in [0.5, 0.6) is 0 Å². The fourth-order valence-electron chi connectivity index (χ4n) is 2.34. The van der Waals surface area contributed by atoms with E-state index in [0.717, 1.165) is 0 Å². The molecule has 0 aromatic heterocycles. The zero-order chi connectivity index (χ0) is 17.3. The number of carbonyl (C=O) groups is 2. The SMILES string of the molecule is C=C(C)C(=O)c1cc2ccccc2c(S(=O)O)c1C(=O)C(=C)C. The Bertz CT molecular complexity index is 893. The quantitative estimate of drug-likeness (QED) is 0.513. The van der Waals surface area contributed by atoms with Crippen molar-refractivity contribution in [1.82, 2.24) is 0 Å². The summed E-state index contributed by atoms with van der Waals surface area (Å²) in [6.45, 7) is 10.2. The van der Waals surface area contributed by atoms with Crippen molar-refractivity contribution in [2.24, 2.45) is 0 Å². The van der Waals surface area contributed by atoms with E-state index in [1.54, 1.807) is 30.3 Å². The number of benzene rings is 2. The van der Waals surface area contributed by atoms with Crippen LogP contribution >= 0.6 is 0 Å². The predicted molar refractivity (Wildman–Crippen MR) is 91.3 cm³/mol. The first-order valence-corrected chi connectivity index (χ1v) is 7.93. The van der Waals surface area contributed by atoms with Crippen molar-refractivity contribution in [3.63, 3.8) is 0 Å². The van der Waals surface area contributed by atoms with Crippen LogP contribution in [0.2, 0.25) is 0 Å². The molecule has 5 heteroatoms. The minimum Gasteiger partial charge on any atom is -0.302 e. The zero-order valence-electron chi connectivity index (χ0n) is 12.9. The highest BCUT2D eigenvalue weighted by molar-refractivity contribution is 7.79. The number of fused-ring (bicyclic) bond motifs is 1. The Balaban J connectivity index is 3.04. The molecule has 0 spiro atoms. The van der Waals surface area contributed by atoms with Gasteiger partial charge in [-0.15, -0.1) is 0 Å². The van der Waals surface area contributed by atoms with E-state index in [0.29, 0.717) is 10.8 Å². The monoisotopic (exact) mass is 328 g/mol. The van der Waals surface area contributed by atoms with E-state index in [2.05, 4.69) is 13.2 Å². The van der Waals surface area contributed by atoms with Gasteiger partial charge in [0.15, 0.2) is 22.6 Å². The molecule has 1 N–H and O–H groups in total. The van der Waals surface area contributed by atoms with E-state index in [9.17, 15) is 18.4 Å². The molecule has 0 radical (unpaired) electrons. The molecule has 23 heavy (non-hydrogen) atoms. The van der Waals surface area contributed by atoms with Gasteiger partial charge >= 0.3 is 0 Å². The predicted octanol–water partition coefficient (Wildman–Crippen LogP) is 3.94. The first-order chi connectivity index (χ1) is 10.8. The first kappa shape index (κ1) is 17.0. The molecule has 0 bridgehead atoms. The summed E-state index contributed by atoms with van der Waals surface area (Å²) in [5.74, 6) is -0.968. The van der Waals surface area contributed by atoms with Crippen LogP contribution in [0.3, 0.4) is 0 Å². The van der Waals surface area contributed by atoms with E-state index >= 15 is 0 Å². The first-order valence-electron chi connectivity index (χ1n) is 6.82. The Morgan fingerprint density at radius 3 is 2.13 bits per heavy atom. The van der Waals surface area contributed by atoms with Gasteiger partial charge in [-0.25, -0.2) is 4.21 Å². The number of allylic oxidation sites excluding steroid dienone is 2. The van der Waals surface area contributed by atoms with Crippen LogP contribution in [-0.4, -0.2) is 20.3 Å². The third-order valence-corrected chi connectivity index (χ3v) is 4.20. The molecule has 2 aromatic carbocycles. The third-order valence-electron chi connectivity index (χ3n) is 3.42. The minimum absolute atomic E-state index is 0.0688. The molecule has 4 nitrogen and oxygen atoms in total. The Kier molecular flexibility index (Phi) is 4.73. The van der Waals surface area contributed by atoms with E-state index < -0.39 is 22.6 Å². The molecule has 0 amide bonds. The molecule has 0 aliphatic rings. The van der Waals surface area contributed by atoms with Crippen molar-refractivity contribution >= 4 is 33.4 Å². The second-order valence-electron chi connectivity index (χ2n) is 5.32. The lowest BCUT2D eigenvalue weighted by molar-refractivity contribution is 0.0997. The summed E-state index contributed by atoms with van der Waals surface area (Å²) in [6, 6.07) is 8.37. The van der Waals surface area contributed by atoms with Crippen LogP contribution in [-0.2, 0) is 11.1 Å². The Labute approximate surface area is 136 Å². The van der Waals surface area contributed by atoms with Crippen LogP contribution in [0, 0.1) is 0 Å². The number of Topliss-reactive ketones (excluding diaryl/α,β-unsaturated/α-hetero) is 2. The molecule has 0 fully saturated rings. The average molecular weight is 328 g/mol. The largest absolute Gasteiger partial charge is 0.302 e. The molecule has 2 aromatic rings. The van der Waals surface area contributed by atoms with E-state index in [4.69, 9.17) is 0 Å². The average Bonchev–Trinajstić information content (AvgIpc) is 2.50. The molecule has 1 atom stereocenters. The van der Waals surface area contributed by atoms with Crippen LogP contribution in [0.15, 0.2) is 59.5 Å². The summed E-state index contributed by atoms with van der Waals surface area (Å²) in [6.07, 6.45) is 0. The second-order valence-corrected chi connectivity index (χ2v) is 6.22. The summed E-state index contributed by atoms with van der Waals surface area (Å²) in [7, 11) is 0. The fraction of sp³-hybridized carbons (Fsp3) is 0.111. The van der Waals surface area contributed by atoms with Crippen molar-refractivity contribution in [2.45, 2.75) is 18.7 Å². The number of carbonyl (C=O) groups excluding carboxylic acids is 2. The van der Waals surface area contributed by atoms with Crippen LogP contribution in [0.4, 0.5) is 0 Å². The maximum absolute atomic E-state index is 12.5. The Morgan fingerprint density at radius 1 is 1.04 bits per heavy atom. The lowest BCUT2D eigenvalue weighted by Crippen LogP contribution is -2.14. The number of ketones is 2. The molecule has 0 saturated heterocycles. The van der Waals surface area contributed by atoms with Gasteiger partial charge in [-0.05, 0) is 36.4 Å². The number of hydrogen-bond donors (Lipinski definition) is 1. The smallest absolute Gasteiger partial charge is 0.190 e. The second kappa shape index (κ2) is 6.40. The summed E-state index contributed by atoms with van der Waals surface area (Å²) in [5.41, 5.74) is 0.417. The molecular weight excluding hydrogens is 312 g/mol. The maximum atomic E-state index is 12.5. The summed E-state index contributed by atoms with van der Waals surface area (Å²) >= 11 is -2.44. The minimum atomic E-state index is -2.44. The third kappa shape index (κ3) is 3.06. The van der Waals surface area contributed by atoms with E-state index in [1.165, 1.54) is 13.8 Å². The van der Waals surface area contributed by atoms with Crippen LogP contribution in [0.25, 0.3) is 10.8 Å². The standard InChI is InChI=1S/C18H16O4S/c1-10(2)16(19)14-9-12-7-5-6-8-13(12)18(23(21)22)15(14)17(20)11(3)4/h5-9H,1,3H2,2,4H3,(H,21,22). The molecule has 0 saturated carbocycles. The number of rotatable bonds is 5. The summed E-state index contributed by atoms with van der Waals surface area (Å²) in [5, 5.41) is 1.06. The molecular formula is C18H16O4S. The van der Waals surface area contributed by atoms with Crippen LogP contribution < -0.4 is 0 Å². The lowest BCUT2D eigenvalue weighted by atomic mass is 9.91. The van der Waals surface area contributed by atoms with Crippen molar-refractivity contribution in [3.05, 3.63) is 65.8 Å². The highest BCUT2D eigenvalue weighted by Gasteiger charge is 2.26. The topological polar surface area (TPSA) is 71.4 Å². The lowest BCUT2D eigenvalue weighted by Gasteiger charge is -2.14. The molecule has 0 aliphatic heterocycles. The van der Waals surface area contributed by atoms with Gasteiger partial charge in [0, 0.05) is 10.9 Å². The van der Waals surface area contributed by atoms with Crippen molar-refractivity contribution in [1.29, 1.82) is 0 Å². The van der Waals surface area contributed by atoms with Gasteiger partial charge in [-0.2, -0.15) is 0 Å². The molecule has 0 heterocycles. The van der Waals surface area contributed by atoms with Gasteiger partial charge in [0.25, 0.3) is 0 Å². The van der Waals surface area contributed by atoms with E-state index in [-0.39, 0.29) is 27.2 Å². The summed E-state index contributed by atoms with van der Waals surface area (Å²) < 4.78 is 21.6. The van der Waals surface area contributed by atoms with Gasteiger partial charge < -0.3 is 4.55 Å². The number of hydrogen-bond acceptors (Lipinski definition) is 3. The normalized spacial score (nSPS) is 12.0. The van der Waals surface area contributed by atoms with E-state index in [1.807, 2.05) is 0 Å². The van der Waals surface area contributed by atoms with Crippen molar-refractivity contribution < 1.29 is 18.4 Å². The Morgan fingerprint density at radius 2 is 1.61 bits per heavy atom. The summed E-state index contributed by atoms with van der Waals surface area (Å²) in [4.78, 5) is 24.9. The highest BCUT2D eigenvalue weighted by atomic mass is 32.2. The van der Waals surface area contributed by atoms with Gasteiger partial charge in [-0.3, -0.25) is 9.59 Å². The van der Waals surface area contributed by atoms with Gasteiger partial charge in [0.1, 0.15) is 0 Å². The molecule has 0 aliphatic carbocycles. The van der Waals surface area contributed by atoms with Crippen molar-refractivity contribution in [2.75, 3.05) is 0 Å². The molecule has 1 unspecified atom stereocenters. The van der Waals surface area contributed by atoms with Gasteiger partial charge in [0.2, 0.25) is 0 Å². The molecule has 118 valence electrons. The Hall–Kier alpha value is -2.37. The zero-order valence-corrected chi connectivity index (χ0v) is 13.7. The maximum Gasteiger partial charge on any atom is 0.190 e. The van der Waals surface area contributed by atoms with Gasteiger partial charge in [0.05, 0.1) is 10.5 Å². The fourth-order valence-corrected chi connectivity index (χ4v) is 3.09. The van der Waals surface area contributed by atoms with Crippen molar-refractivity contribution in [3.8, 4) is 0 Å². The molecule has 2 rings (SSSR count).